The second-order valence-corrected chi connectivity index (χ2v) is 5.85. The number of urea groups is 1. The fourth-order valence-electron chi connectivity index (χ4n) is 3.10. The summed E-state index contributed by atoms with van der Waals surface area (Å²) < 4.78 is 0. The van der Waals surface area contributed by atoms with Crippen LogP contribution in [0.4, 0.5) is 4.79 Å². The second-order valence-electron chi connectivity index (χ2n) is 5.85. The predicted octanol–water partition coefficient (Wildman–Crippen LogP) is 3.33. The molecule has 0 fully saturated rings. The molecule has 0 aliphatic rings. The van der Waals surface area contributed by atoms with Crippen LogP contribution in [0, 0.1) is 0 Å². The lowest BCUT2D eigenvalue weighted by atomic mass is 9.77. The lowest BCUT2D eigenvalue weighted by molar-refractivity contribution is 0.0406. The monoisotopic (exact) mass is 332 g/mol. The van der Waals surface area contributed by atoms with Gasteiger partial charge in [-0.1, -0.05) is 91.0 Å². The number of aliphatic hydroxyl groups is 1. The lowest BCUT2D eigenvalue weighted by Gasteiger charge is -2.37. The van der Waals surface area contributed by atoms with Gasteiger partial charge in [0.2, 0.25) is 0 Å². The number of nitrogens with two attached hydrogens (primary N) is 1. The van der Waals surface area contributed by atoms with Crippen molar-refractivity contribution in [1.29, 1.82) is 0 Å². The standard InChI is InChI=1S/C21H20N2O2/c22-20(24)23-19(16-10-4-1-5-11-16)21(25,17-12-6-2-7-13-17)18-14-8-3-9-15-18/h1-15,19,25H,(H3,22,23,24). The smallest absolute Gasteiger partial charge is 0.312 e. The van der Waals surface area contributed by atoms with Crippen LogP contribution in [0.25, 0.3) is 0 Å². The minimum atomic E-state index is -1.47. The number of benzene rings is 3. The van der Waals surface area contributed by atoms with Crippen molar-refractivity contribution in [2.45, 2.75) is 11.6 Å². The Labute approximate surface area is 146 Å². The highest BCUT2D eigenvalue weighted by atomic mass is 16.3. The summed E-state index contributed by atoms with van der Waals surface area (Å²) in [6.45, 7) is 0. The van der Waals surface area contributed by atoms with Crippen LogP contribution in [0.2, 0.25) is 0 Å². The molecule has 0 heterocycles. The highest BCUT2D eigenvalue weighted by Gasteiger charge is 2.41. The fraction of sp³-hybridized carbons (Fsp3) is 0.0952. The van der Waals surface area contributed by atoms with E-state index in [1.54, 1.807) is 0 Å². The zero-order valence-electron chi connectivity index (χ0n) is 13.7. The largest absolute Gasteiger partial charge is 0.378 e. The van der Waals surface area contributed by atoms with E-state index < -0.39 is 17.7 Å². The number of hydrogen-bond acceptors (Lipinski definition) is 2. The normalized spacial score (nSPS) is 12.4. The Morgan fingerprint density at radius 2 is 1.20 bits per heavy atom. The highest BCUT2D eigenvalue weighted by molar-refractivity contribution is 5.72. The van der Waals surface area contributed by atoms with E-state index in [0.29, 0.717) is 11.1 Å². The van der Waals surface area contributed by atoms with E-state index in [1.807, 2.05) is 91.0 Å². The van der Waals surface area contributed by atoms with Gasteiger partial charge in [0.25, 0.3) is 0 Å². The number of rotatable bonds is 5. The van der Waals surface area contributed by atoms with Crippen LogP contribution in [0.1, 0.15) is 22.7 Å². The van der Waals surface area contributed by atoms with Gasteiger partial charge in [-0.05, 0) is 16.7 Å². The summed E-state index contributed by atoms with van der Waals surface area (Å²) in [4.78, 5) is 11.7. The first kappa shape index (κ1) is 16.7. The van der Waals surface area contributed by atoms with Crippen LogP contribution in [-0.2, 0) is 5.60 Å². The lowest BCUT2D eigenvalue weighted by Crippen LogP contribution is -2.46. The molecule has 25 heavy (non-hydrogen) atoms. The third-order valence-corrected chi connectivity index (χ3v) is 4.27. The van der Waals surface area contributed by atoms with E-state index in [-0.39, 0.29) is 0 Å². The van der Waals surface area contributed by atoms with E-state index in [2.05, 4.69) is 5.32 Å². The minimum absolute atomic E-state index is 0.670. The Morgan fingerprint density at radius 3 is 1.60 bits per heavy atom. The average Bonchev–Trinajstić information content (AvgIpc) is 2.67. The van der Waals surface area contributed by atoms with Crippen LogP contribution in [0.3, 0.4) is 0 Å². The Balaban J connectivity index is 2.22. The molecule has 0 aromatic heterocycles. The first-order chi connectivity index (χ1) is 12.1. The van der Waals surface area contributed by atoms with E-state index in [1.165, 1.54) is 0 Å². The van der Waals surface area contributed by atoms with Gasteiger partial charge in [0.15, 0.2) is 0 Å². The Morgan fingerprint density at radius 1 is 0.800 bits per heavy atom. The average molecular weight is 332 g/mol. The molecule has 0 saturated carbocycles. The van der Waals surface area contributed by atoms with Gasteiger partial charge >= 0.3 is 6.03 Å². The molecule has 0 saturated heterocycles. The van der Waals surface area contributed by atoms with Crippen molar-refractivity contribution in [1.82, 2.24) is 5.32 Å². The van der Waals surface area contributed by atoms with Crippen molar-refractivity contribution in [3.63, 3.8) is 0 Å². The summed E-state index contributed by atoms with van der Waals surface area (Å²) >= 11 is 0. The predicted molar refractivity (Wildman–Crippen MR) is 97.8 cm³/mol. The minimum Gasteiger partial charge on any atom is -0.378 e. The Kier molecular flexibility index (Phi) is 4.82. The number of amides is 2. The van der Waals surface area contributed by atoms with Gasteiger partial charge in [-0.25, -0.2) is 4.79 Å². The van der Waals surface area contributed by atoms with Crippen LogP contribution in [0.15, 0.2) is 91.0 Å². The maximum atomic E-state index is 11.8. The second kappa shape index (κ2) is 7.20. The zero-order valence-corrected chi connectivity index (χ0v) is 13.7. The molecule has 0 aliphatic heterocycles. The van der Waals surface area contributed by atoms with Crippen LogP contribution < -0.4 is 11.1 Å². The molecule has 0 bridgehead atoms. The summed E-state index contributed by atoms with van der Waals surface area (Å²) in [5, 5.41) is 14.6. The molecule has 4 heteroatoms. The van der Waals surface area contributed by atoms with Crippen LogP contribution >= 0.6 is 0 Å². The molecule has 3 aromatic carbocycles. The number of carbonyl (C=O) groups excluding carboxylic acids is 1. The van der Waals surface area contributed by atoms with E-state index in [4.69, 9.17) is 5.73 Å². The summed E-state index contributed by atoms with van der Waals surface area (Å²) in [5.74, 6) is 0. The topological polar surface area (TPSA) is 75.4 Å². The molecule has 0 aliphatic carbocycles. The molecule has 126 valence electrons. The van der Waals surface area contributed by atoms with Gasteiger partial charge in [0.1, 0.15) is 5.60 Å². The molecule has 3 rings (SSSR count). The number of hydrogen-bond donors (Lipinski definition) is 3. The van der Waals surface area contributed by atoms with Gasteiger partial charge in [-0.3, -0.25) is 0 Å². The molecule has 1 unspecified atom stereocenters. The first-order valence-corrected chi connectivity index (χ1v) is 8.06. The van der Waals surface area contributed by atoms with Crippen LogP contribution in [-0.4, -0.2) is 11.1 Å². The summed E-state index contributed by atoms with van der Waals surface area (Å²) in [6, 6.07) is 26.4. The van der Waals surface area contributed by atoms with Gasteiger partial charge < -0.3 is 16.2 Å². The third-order valence-electron chi connectivity index (χ3n) is 4.27. The van der Waals surface area contributed by atoms with Crippen molar-refractivity contribution in [3.8, 4) is 0 Å². The van der Waals surface area contributed by atoms with Gasteiger partial charge in [-0.2, -0.15) is 0 Å². The van der Waals surface area contributed by atoms with E-state index >= 15 is 0 Å². The number of carbonyl (C=O) groups is 1. The molecule has 4 nitrogen and oxygen atoms in total. The molecule has 4 N–H and O–H groups in total. The highest BCUT2D eigenvalue weighted by Crippen LogP contribution is 2.40. The summed E-state index contributed by atoms with van der Waals surface area (Å²) in [6.07, 6.45) is 0. The van der Waals surface area contributed by atoms with E-state index in [0.717, 1.165) is 5.56 Å². The SMILES string of the molecule is NC(=O)NC(c1ccccc1)C(O)(c1ccccc1)c1ccccc1. The number of nitrogens with one attached hydrogen (secondary N) is 1. The van der Waals surface area contributed by atoms with Gasteiger partial charge in [-0.15, -0.1) is 0 Å². The first-order valence-electron chi connectivity index (χ1n) is 8.06. The molecular formula is C21H20N2O2. The summed E-state index contributed by atoms with van der Waals surface area (Å²) in [5.41, 5.74) is 6.05. The quantitative estimate of drug-likeness (QED) is 0.670. The number of primary amides is 1. The molecule has 0 spiro atoms. The van der Waals surface area contributed by atoms with Crippen molar-refractivity contribution >= 4 is 6.03 Å². The summed E-state index contributed by atoms with van der Waals surface area (Å²) in [7, 11) is 0. The maximum Gasteiger partial charge on any atom is 0.312 e. The molecule has 0 radical (unpaired) electrons. The maximum absolute atomic E-state index is 11.8. The molecule has 1 atom stereocenters. The molecule has 2 amide bonds. The van der Waals surface area contributed by atoms with Crippen molar-refractivity contribution < 1.29 is 9.90 Å². The van der Waals surface area contributed by atoms with Gasteiger partial charge in [0.05, 0.1) is 6.04 Å². The van der Waals surface area contributed by atoms with Crippen molar-refractivity contribution in [2.75, 3.05) is 0 Å². The zero-order chi connectivity index (χ0) is 17.7. The van der Waals surface area contributed by atoms with E-state index in [9.17, 15) is 9.90 Å². The Bertz CT molecular complexity index is 781. The molecular weight excluding hydrogens is 312 g/mol. The Hall–Kier alpha value is -3.11. The van der Waals surface area contributed by atoms with Crippen molar-refractivity contribution in [3.05, 3.63) is 108 Å². The van der Waals surface area contributed by atoms with Gasteiger partial charge in [0, 0.05) is 0 Å². The fourth-order valence-corrected chi connectivity index (χ4v) is 3.10. The van der Waals surface area contributed by atoms with Crippen LogP contribution in [0.5, 0.6) is 0 Å². The molecule has 3 aromatic rings. The van der Waals surface area contributed by atoms with Crippen molar-refractivity contribution in [2.24, 2.45) is 5.73 Å². The third kappa shape index (κ3) is 3.39.